The molecule has 0 saturated carbocycles. The Hall–Kier alpha value is -3.81. The van der Waals surface area contributed by atoms with Crippen LogP contribution in [0.2, 0.25) is 0 Å². The third-order valence-electron chi connectivity index (χ3n) is 4.56. The lowest BCUT2D eigenvalue weighted by atomic mass is 10.1. The molecule has 1 aliphatic heterocycles. The van der Waals surface area contributed by atoms with E-state index in [1.54, 1.807) is 55.5 Å². The summed E-state index contributed by atoms with van der Waals surface area (Å²) < 4.78 is 6.37. The van der Waals surface area contributed by atoms with Crippen molar-refractivity contribution in [1.82, 2.24) is 14.7 Å². The monoisotopic (exact) mass is 377 g/mol. The van der Waals surface area contributed by atoms with Crippen LogP contribution in [0.4, 0.5) is 0 Å². The molecule has 0 bridgehead atoms. The van der Waals surface area contributed by atoms with Gasteiger partial charge in [0, 0.05) is 11.9 Å². The summed E-state index contributed by atoms with van der Waals surface area (Å²) in [7, 11) is 0. The zero-order valence-electron chi connectivity index (χ0n) is 14.9. The lowest BCUT2D eigenvalue weighted by molar-refractivity contribution is 0.0223. The molecule has 3 aromatic rings. The minimum Gasteiger partial charge on any atom is -0.439 e. The lowest BCUT2D eigenvalue weighted by Crippen LogP contribution is -2.34. The van der Waals surface area contributed by atoms with Crippen molar-refractivity contribution in [3.63, 3.8) is 0 Å². The van der Waals surface area contributed by atoms with Crippen molar-refractivity contribution in [2.75, 3.05) is 6.73 Å². The Balaban J connectivity index is 1.62. The van der Waals surface area contributed by atoms with Gasteiger partial charge in [0.05, 0.1) is 16.5 Å². The summed E-state index contributed by atoms with van der Waals surface area (Å²) in [5, 5.41) is 4.77. The van der Waals surface area contributed by atoms with Crippen LogP contribution in [0.1, 0.15) is 38.1 Å². The number of hydrogen-bond donors (Lipinski definition) is 0. The second-order valence-corrected chi connectivity index (χ2v) is 6.16. The predicted octanol–water partition coefficient (Wildman–Crippen LogP) is 1.83. The minimum atomic E-state index is -0.824. The Morgan fingerprint density at radius 2 is 1.50 bits per heavy atom. The minimum absolute atomic E-state index is 0.0475. The number of hydrogen-bond acceptors (Lipinski definition) is 6. The quantitative estimate of drug-likeness (QED) is 0.508. The van der Waals surface area contributed by atoms with Crippen LogP contribution in [0.15, 0.2) is 53.3 Å². The maximum Gasteiger partial charge on any atom is 0.361 e. The topological polar surface area (TPSA) is 98.6 Å². The molecule has 0 atom stereocenters. The van der Waals surface area contributed by atoms with Crippen molar-refractivity contribution in [2.24, 2.45) is 0 Å². The second kappa shape index (κ2) is 6.73. The number of nitrogens with zero attached hydrogens (tertiary/aromatic N) is 3. The summed E-state index contributed by atoms with van der Waals surface area (Å²) in [6.07, 6.45) is 0. The molecule has 8 nitrogen and oxygen atoms in total. The SMILES string of the molecule is CCn1nc(C(=O)OCN2C(=O)c3ccccc3C2=O)c2ccccc2c1=O. The Kier molecular flexibility index (Phi) is 4.23. The fourth-order valence-corrected chi connectivity index (χ4v) is 3.15. The molecule has 2 heterocycles. The van der Waals surface area contributed by atoms with Crippen LogP contribution < -0.4 is 5.56 Å². The molecular weight excluding hydrogens is 362 g/mol. The van der Waals surface area contributed by atoms with Crippen molar-refractivity contribution >= 4 is 28.6 Å². The fraction of sp³-hybridized carbons (Fsp3) is 0.150. The van der Waals surface area contributed by atoms with E-state index in [0.29, 0.717) is 10.8 Å². The first-order chi connectivity index (χ1) is 13.5. The smallest absolute Gasteiger partial charge is 0.361 e. The van der Waals surface area contributed by atoms with E-state index in [9.17, 15) is 19.2 Å². The fourth-order valence-electron chi connectivity index (χ4n) is 3.15. The van der Waals surface area contributed by atoms with Crippen LogP contribution in [-0.2, 0) is 11.3 Å². The van der Waals surface area contributed by atoms with Gasteiger partial charge in [-0.1, -0.05) is 30.3 Å². The van der Waals surface area contributed by atoms with Crippen LogP contribution >= 0.6 is 0 Å². The summed E-state index contributed by atoms with van der Waals surface area (Å²) in [6, 6.07) is 13.0. The average molecular weight is 377 g/mol. The zero-order chi connectivity index (χ0) is 19.8. The van der Waals surface area contributed by atoms with E-state index in [1.165, 1.54) is 4.68 Å². The van der Waals surface area contributed by atoms with Gasteiger partial charge >= 0.3 is 5.97 Å². The number of imide groups is 1. The molecule has 2 aromatic carbocycles. The van der Waals surface area contributed by atoms with Crippen molar-refractivity contribution in [2.45, 2.75) is 13.5 Å². The zero-order valence-corrected chi connectivity index (χ0v) is 14.9. The molecule has 2 amide bonds. The molecule has 4 rings (SSSR count). The highest BCUT2D eigenvalue weighted by Gasteiger charge is 2.36. The average Bonchev–Trinajstić information content (AvgIpc) is 2.97. The van der Waals surface area contributed by atoms with E-state index >= 15 is 0 Å². The van der Waals surface area contributed by atoms with Crippen LogP contribution in [0.3, 0.4) is 0 Å². The van der Waals surface area contributed by atoms with E-state index in [1.807, 2.05) is 0 Å². The maximum atomic E-state index is 12.6. The van der Waals surface area contributed by atoms with Gasteiger partial charge in [0.2, 0.25) is 0 Å². The molecule has 0 fully saturated rings. The Morgan fingerprint density at radius 1 is 0.929 bits per heavy atom. The maximum absolute atomic E-state index is 12.6. The van der Waals surface area contributed by atoms with Crippen LogP contribution in [0.25, 0.3) is 10.8 Å². The second-order valence-electron chi connectivity index (χ2n) is 6.16. The third-order valence-corrected chi connectivity index (χ3v) is 4.56. The Bertz CT molecular complexity index is 1160. The number of benzene rings is 2. The first-order valence-corrected chi connectivity index (χ1v) is 8.65. The highest BCUT2D eigenvalue weighted by molar-refractivity contribution is 6.21. The first-order valence-electron chi connectivity index (χ1n) is 8.65. The van der Waals surface area contributed by atoms with Gasteiger partial charge in [0.1, 0.15) is 0 Å². The van der Waals surface area contributed by atoms with Crippen LogP contribution in [0, 0.1) is 0 Å². The Labute approximate surface area is 158 Å². The summed E-state index contributed by atoms with van der Waals surface area (Å²) in [5.41, 5.74) is 0.182. The van der Waals surface area contributed by atoms with Crippen LogP contribution in [-0.4, -0.2) is 39.2 Å². The molecule has 28 heavy (non-hydrogen) atoms. The normalized spacial score (nSPS) is 13.1. The Morgan fingerprint density at radius 3 is 2.11 bits per heavy atom. The van der Waals surface area contributed by atoms with Gasteiger partial charge in [-0.15, -0.1) is 0 Å². The van der Waals surface area contributed by atoms with Crippen molar-refractivity contribution in [3.05, 3.63) is 75.7 Å². The summed E-state index contributed by atoms with van der Waals surface area (Å²) in [6.45, 7) is 1.48. The molecule has 0 aliphatic carbocycles. The summed E-state index contributed by atoms with van der Waals surface area (Å²) in [5.74, 6) is -1.87. The van der Waals surface area contributed by atoms with E-state index in [0.717, 1.165) is 4.90 Å². The molecule has 0 saturated heterocycles. The molecule has 0 unspecified atom stereocenters. The molecule has 1 aromatic heterocycles. The van der Waals surface area contributed by atoms with Gasteiger partial charge in [-0.3, -0.25) is 14.4 Å². The van der Waals surface area contributed by atoms with E-state index in [-0.39, 0.29) is 28.9 Å². The van der Waals surface area contributed by atoms with E-state index < -0.39 is 24.5 Å². The van der Waals surface area contributed by atoms with E-state index in [2.05, 4.69) is 5.10 Å². The summed E-state index contributed by atoms with van der Waals surface area (Å²) >= 11 is 0. The van der Waals surface area contributed by atoms with Crippen molar-refractivity contribution in [3.8, 4) is 0 Å². The lowest BCUT2D eigenvalue weighted by Gasteiger charge is -2.14. The number of aryl methyl sites for hydroxylation is 1. The number of carbonyl (C=O) groups excluding carboxylic acids is 3. The van der Waals surface area contributed by atoms with Gasteiger partial charge in [-0.25, -0.2) is 14.4 Å². The molecule has 140 valence electrons. The number of esters is 1. The standard InChI is InChI=1S/C20H15N3O5/c1-2-23-19(26)13-8-4-3-7-12(13)16(21-23)20(27)28-11-22-17(24)14-9-5-6-10-15(14)18(22)25/h3-10H,2,11H2,1H3. The largest absolute Gasteiger partial charge is 0.439 e. The number of rotatable bonds is 4. The van der Waals surface area contributed by atoms with Gasteiger partial charge in [-0.05, 0) is 25.1 Å². The molecule has 0 N–H and O–H groups in total. The highest BCUT2D eigenvalue weighted by Crippen LogP contribution is 2.22. The van der Waals surface area contributed by atoms with Crippen LogP contribution in [0.5, 0.6) is 0 Å². The molecule has 0 radical (unpaired) electrons. The van der Waals surface area contributed by atoms with Crippen molar-refractivity contribution in [1.29, 1.82) is 0 Å². The number of carbonyl (C=O) groups is 3. The molecule has 8 heteroatoms. The van der Waals surface area contributed by atoms with Gasteiger partial charge in [-0.2, -0.15) is 5.10 Å². The molecular formula is C20H15N3O5. The molecule has 0 spiro atoms. The number of amides is 2. The first kappa shape index (κ1) is 17.6. The van der Waals surface area contributed by atoms with Gasteiger partial charge in [0.15, 0.2) is 12.4 Å². The molecule has 1 aliphatic rings. The number of fused-ring (bicyclic) bond motifs is 2. The number of ether oxygens (including phenoxy) is 1. The van der Waals surface area contributed by atoms with Gasteiger partial charge < -0.3 is 4.74 Å². The van der Waals surface area contributed by atoms with E-state index in [4.69, 9.17) is 4.74 Å². The number of aromatic nitrogens is 2. The summed E-state index contributed by atoms with van der Waals surface area (Å²) in [4.78, 5) is 50.6. The van der Waals surface area contributed by atoms with Gasteiger partial charge in [0.25, 0.3) is 17.4 Å². The highest BCUT2D eigenvalue weighted by atomic mass is 16.5. The third kappa shape index (κ3) is 2.66. The predicted molar refractivity (Wildman–Crippen MR) is 98.9 cm³/mol. The van der Waals surface area contributed by atoms with Crippen molar-refractivity contribution < 1.29 is 19.1 Å².